The Morgan fingerprint density at radius 1 is 1.13 bits per heavy atom. The number of hydrogen-bond acceptors (Lipinski definition) is 6. The van der Waals surface area contributed by atoms with Crippen LogP contribution in [0.4, 0.5) is 4.79 Å². The van der Waals surface area contributed by atoms with Gasteiger partial charge in [0.1, 0.15) is 15.5 Å². The molecule has 0 bridgehead atoms. The zero-order valence-electron chi connectivity index (χ0n) is 22.9. The molecule has 1 fully saturated rings. The quantitative estimate of drug-likeness (QED) is 0.371. The molecule has 1 aliphatic rings. The fourth-order valence-corrected chi connectivity index (χ4v) is 5.71. The molecule has 1 saturated heterocycles. The van der Waals surface area contributed by atoms with Gasteiger partial charge in [0.2, 0.25) is 0 Å². The highest BCUT2D eigenvalue weighted by Crippen LogP contribution is 2.42. The second-order valence-electron chi connectivity index (χ2n) is 11.7. The maximum Gasteiger partial charge on any atom is 0.411 e. The van der Waals surface area contributed by atoms with E-state index in [0.717, 1.165) is 21.7 Å². The number of cyclic esters (lactones) is 1. The molecule has 4 rings (SSSR count). The average Bonchev–Trinajstić information content (AvgIpc) is 3.33. The number of aliphatic hydroxyl groups is 1. The molecule has 2 atom stereocenters. The summed E-state index contributed by atoms with van der Waals surface area (Å²) in [6.07, 6.45) is 2.10. The van der Waals surface area contributed by atoms with Crippen LogP contribution < -0.4 is 5.32 Å². The van der Waals surface area contributed by atoms with E-state index in [-0.39, 0.29) is 17.5 Å². The summed E-state index contributed by atoms with van der Waals surface area (Å²) in [5, 5.41) is 14.3. The SMILES string of the molecule is CC(c1ccc(-c2ncc(C(=O)NC(C)(C)C)s2)cc1)N1CCC(CC(C)(C)O)(c2ccccc2)OC1=O. The van der Waals surface area contributed by atoms with Gasteiger partial charge in [-0.25, -0.2) is 9.78 Å². The lowest BCUT2D eigenvalue weighted by Crippen LogP contribution is -2.51. The third-order valence-corrected chi connectivity index (χ3v) is 7.66. The van der Waals surface area contributed by atoms with Crippen LogP contribution in [0.15, 0.2) is 60.8 Å². The number of hydrogen-bond donors (Lipinski definition) is 2. The van der Waals surface area contributed by atoms with Crippen LogP contribution in [0.5, 0.6) is 0 Å². The molecule has 7 nitrogen and oxygen atoms in total. The van der Waals surface area contributed by atoms with Crippen LogP contribution in [0.3, 0.4) is 0 Å². The smallest absolute Gasteiger partial charge is 0.411 e. The van der Waals surface area contributed by atoms with Crippen LogP contribution in [0.1, 0.15) is 81.2 Å². The number of carbonyl (C=O) groups excluding carboxylic acids is 2. The molecule has 2 aromatic carbocycles. The molecular weight excluding hydrogens is 498 g/mol. The lowest BCUT2D eigenvalue weighted by atomic mass is 9.80. The van der Waals surface area contributed by atoms with E-state index >= 15 is 0 Å². The van der Waals surface area contributed by atoms with Gasteiger partial charge in [-0.2, -0.15) is 0 Å². The van der Waals surface area contributed by atoms with Crippen molar-refractivity contribution in [1.82, 2.24) is 15.2 Å². The molecule has 38 heavy (non-hydrogen) atoms. The van der Waals surface area contributed by atoms with Gasteiger partial charge in [0.15, 0.2) is 0 Å². The number of benzene rings is 2. The normalized spacial score (nSPS) is 19.1. The Kier molecular flexibility index (Phi) is 7.68. The van der Waals surface area contributed by atoms with Gasteiger partial charge >= 0.3 is 6.09 Å². The number of nitrogens with zero attached hydrogens (tertiary/aromatic N) is 2. The Bertz CT molecular complexity index is 1280. The van der Waals surface area contributed by atoms with Gasteiger partial charge in [-0.3, -0.25) is 4.79 Å². The van der Waals surface area contributed by atoms with E-state index < -0.39 is 17.3 Å². The summed E-state index contributed by atoms with van der Waals surface area (Å²) in [7, 11) is 0. The monoisotopic (exact) mass is 535 g/mol. The van der Waals surface area contributed by atoms with Crippen molar-refractivity contribution >= 4 is 23.3 Å². The number of rotatable bonds is 7. The van der Waals surface area contributed by atoms with Crippen LogP contribution in [0.25, 0.3) is 10.6 Å². The van der Waals surface area contributed by atoms with E-state index in [9.17, 15) is 14.7 Å². The predicted molar refractivity (Wildman–Crippen MR) is 150 cm³/mol. The Morgan fingerprint density at radius 2 is 1.79 bits per heavy atom. The van der Waals surface area contributed by atoms with E-state index in [0.29, 0.717) is 24.3 Å². The molecule has 202 valence electrons. The molecule has 0 aliphatic carbocycles. The third kappa shape index (κ3) is 6.42. The molecule has 2 N–H and O–H groups in total. The summed E-state index contributed by atoms with van der Waals surface area (Å²) >= 11 is 1.35. The van der Waals surface area contributed by atoms with E-state index in [1.807, 2.05) is 82.3 Å². The van der Waals surface area contributed by atoms with Crippen molar-refractivity contribution in [1.29, 1.82) is 0 Å². The van der Waals surface area contributed by atoms with Crippen LogP contribution in [-0.2, 0) is 10.3 Å². The van der Waals surface area contributed by atoms with Crippen LogP contribution in [0, 0.1) is 0 Å². The number of amides is 2. The van der Waals surface area contributed by atoms with Gasteiger partial charge in [-0.15, -0.1) is 11.3 Å². The average molecular weight is 536 g/mol. The molecule has 2 amide bonds. The van der Waals surface area contributed by atoms with E-state index in [4.69, 9.17) is 4.74 Å². The Hall–Kier alpha value is -3.23. The highest BCUT2D eigenvalue weighted by Gasteiger charge is 2.46. The van der Waals surface area contributed by atoms with Crippen molar-refractivity contribution in [3.63, 3.8) is 0 Å². The molecule has 0 saturated carbocycles. The first-order valence-corrected chi connectivity index (χ1v) is 13.7. The molecule has 1 aromatic heterocycles. The van der Waals surface area contributed by atoms with E-state index in [1.54, 1.807) is 24.9 Å². The molecule has 8 heteroatoms. The zero-order valence-corrected chi connectivity index (χ0v) is 23.8. The number of aromatic nitrogens is 1. The summed E-state index contributed by atoms with van der Waals surface area (Å²) in [4.78, 5) is 32.5. The van der Waals surface area contributed by atoms with E-state index in [1.165, 1.54) is 11.3 Å². The fourth-order valence-electron chi connectivity index (χ4n) is 4.89. The molecule has 2 unspecified atom stereocenters. The number of thiazole rings is 1. The van der Waals surface area contributed by atoms with E-state index in [2.05, 4.69) is 10.3 Å². The zero-order chi connectivity index (χ0) is 27.7. The van der Waals surface area contributed by atoms with Gasteiger partial charge in [0, 0.05) is 30.5 Å². The Morgan fingerprint density at radius 3 is 2.37 bits per heavy atom. The lowest BCUT2D eigenvalue weighted by molar-refractivity contribution is -0.101. The summed E-state index contributed by atoms with van der Waals surface area (Å²) in [6.45, 7) is 11.8. The van der Waals surface area contributed by atoms with Gasteiger partial charge in [0.25, 0.3) is 5.91 Å². The number of nitrogens with one attached hydrogen (secondary N) is 1. The maximum absolute atomic E-state index is 13.3. The van der Waals surface area contributed by atoms with Gasteiger partial charge < -0.3 is 20.1 Å². The summed E-state index contributed by atoms with van der Waals surface area (Å²) in [5.41, 5.74) is 0.592. The Balaban J connectivity index is 1.48. The maximum atomic E-state index is 13.3. The van der Waals surface area contributed by atoms with Crippen LogP contribution in [0.2, 0.25) is 0 Å². The number of ether oxygens (including phenoxy) is 1. The minimum Gasteiger partial charge on any atom is -0.438 e. The van der Waals surface area contributed by atoms with Crippen LogP contribution in [-0.4, -0.2) is 44.7 Å². The largest absolute Gasteiger partial charge is 0.438 e. The highest BCUT2D eigenvalue weighted by atomic mass is 32.1. The first-order chi connectivity index (χ1) is 17.8. The molecule has 1 aliphatic heterocycles. The fraction of sp³-hybridized carbons (Fsp3) is 0.433. The Labute approximate surface area is 228 Å². The highest BCUT2D eigenvalue weighted by molar-refractivity contribution is 7.16. The molecule has 0 radical (unpaired) electrons. The molecule has 0 spiro atoms. The topological polar surface area (TPSA) is 91.8 Å². The first-order valence-electron chi connectivity index (χ1n) is 12.9. The van der Waals surface area contributed by atoms with Gasteiger partial charge in [-0.1, -0.05) is 54.6 Å². The lowest BCUT2D eigenvalue weighted by Gasteiger charge is -2.45. The summed E-state index contributed by atoms with van der Waals surface area (Å²) in [6, 6.07) is 17.4. The van der Waals surface area contributed by atoms with Gasteiger partial charge in [-0.05, 0) is 52.7 Å². The van der Waals surface area contributed by atoms with Crippen molar-refractivity contribution in [2.75, 3.05) is 6.54 Å². The standard InChI is InChI=1S/C30H37N3O4S/c1-20(21-12-14-22(15-13-21)26-31-18-24(38-26)25(34)32-28(2,3)4)33-17-16-30(37-27(33)35,19-29(5,6)36)23-10-8-7-9-11-23/h7-15,18,20,36H,16-17,19H2,1-6H3,(H,32,34). The second kappa shape index (κ2) is 10.5. The number of carbonyl (C=O) groups is 2. The molecule has 2 heterocycles. The van der Waals surface area contributed by atoms with Crippen molar-refractivity contribution in [3.8, 4) is 10.6 Å². The summed E-state index contributed by atoms with van der Waals surface area (Å²) in [5.74, 6) is -0.133. The molecule has 3 aromatic rings. The summed E-state index contributed by atoms with van der Waals surface area (Å²) < 4.78 is 6.12. The van der Waals surface area contributed by atoms with Crippen molar-refractivity contribution < 1.29 is 19.4 Å². The van der Waals surface area contributed by atoms with Gasteiger partial charge in [0.05, 0.1) is 17.8 Å². The van der Waals surface area contributed by atoms with Crippen LogP contribution >= 0.6 is 11.3 Å². The minimum atomic E-state index is -0.997. The second-order valence-corrected chi connectivity index (χ2v) is 12.7. The molecular formula is C30H37N3O4S. The predicted octanol–water partition coefficient (Wildman–Crippen LogP) is 6.30. The minimum absolute atomic E-state index is 0.133. The third-order valence-electron chi connectivity index (χ3n) is 6.62. The van der Waals surface area contributed by atoms with Crippen molar-refractivity contribution in [2.24, 2.45) is 0 Å². The first kappa shape index (κ1) is 27.8. The van der Waals surface area contributed by atoms with Crippen molar-refractivity contribution in [3.05, 3.63) is 76.8 Å². The van der Waals surface area contributed by atoms with Crippen molar-refractivity contribution in [2.45, 2.75) is 77.2 Å².